The van der Waals surface area contributed by atoms with Crippen molar-refractivity contribution < 1.29 is 4.42 Å². The van der Waals surface area contributed by atoms with E-state index in [1.165, 1.54) is 10.8 Å². The third kappa shape index (κ3) is 1.98. The van der Waals surface area contributed by atoms with Gasteiger partial charge in [0.25, 0.3) is 0 Å². The standard InChI is InChI=1S/C13H8N4O2/c14-7-10-6-9(3-5-15-10)8-17-12-11(19-13(17)18)2-1-4-16-12/h1-6H,8H2. The van der Waals surface area contributed by atoms with E-state index < -0.39 is 5.76 Å². The van der Waals surface area contributed by atoms with Crippen molar-refractivity contribution in [3.05, 3.63) is 58.5 Å². The summed E-state index contributed by atoms with van der Waals surface area (Å²) in [7, 11) is 0. The number of aromatic nitrogens is 3. The Morgan fingerprint density at radius 2 is 2.21 bits per heavy atom. The summed E-state index contributed by atoms with van der Waals surface area (Å²) in [6.07, 6.45) is 3.13. The molecule has 0 fully saturated rings. The zero-order valence-corrected chi connectivity index (χ0v) is 9.78. The lowest BCUT2D eigenvalue weighted by Crippen LogP contribution is -2.15. The number of pyridine rings is 2. The van der Waals surface area contributed by atoms with Gasteiger partial charge >= 0.3 is 5.76 Å². The molecule has 0 spiro atoms. The summed E-state index contributed by atoms with van der Waals surface area (Å²) in [5, 5.41) is 8.80. The average molecular weight is 252 g/mol. The van der Waals surface area contributed by atoms with Crippen LogP contribution < -0.4 is 5.76 Å². The first-order chi connectivity index (χ1) is 9.28. The minimum Gasteiger partial charge on any atom is -0.406 e. The molecule has 0 aliphatic rings. The highest BCUT2D eigenvalue weighted by atomic mass is 16.4. The molecule has 92 valence electrons. The van der Waals surface area contributed by atoms with Gasteiger partial charge in [0, 0.05) is 12.4 Å². The smallest absolute Gasteiger partial charge is 0.406 e. The Labute approximate surface area is 107 Å². The van der Waals surface area contributed by atoms with Gasteiger partial charge in [-0.1, -0.05) is 0 Å². The second kappa shape index (κ2) is 4.38. The predicted octanol–water partition coefficient (Wildman–Crippen LogP) is 1.30. The van der Waals surface area contributed by atoms with Gasteiger partial charge in [0.2, 0.25) is 0 Å². The average Bonchev–Trinajstić information content (AvgIpc) is 2.76. The first-order valence-electron chi connectivity index (χ1n) is 5.57. The molecule has 3 aromatic heterocycles. The molecular formula is C13H8N4O2. The lowest BCUT2D eigenvalue weighted by atomic mass is 10.2. The molecule has 6 heteroatoms. The van der Waals surface area contributed by atoms with Crippen molar-refractivity contribution in [1.29, 1.82) is 5.26 Å². The molecule has 0 aliphatic heterocycles. The van der Waals surface area contributed by atoms with Crippen molar-refractivity contribution in [1.82, 2.24) is 14.5 Å². The molecule has 0 bridgehead atoms. The van der Waals surface area contributed by atoms with Crippen molar-refractivity contribution in [2.45, 2.75) is 6.54 Å². The summed E-state index contributed by atoms with van der Waals surface area (Å²) in [5.41, 5.74) is 2.04. The number of hydrogen-bond donors (Lipinski definition) is 0. The molecule has 3 heterocycles. The fraction of sp³-hybridized carbons (Fsp3) is 0.0769. The molecule has 0 N–H and O–H groups in total. The Morgan fingerprint density at radius 1 is 1.32 bits per heavy atom. The van der Waals surface area contributed by atoms with Gasteiger partial charge in [0.15, 0.2) is 11.2 Å². The Bertz CT molecular complexity index is 841. The predicted molar refractivity (Wildman–Crippen MR) is 66.3 cm³/mol. The van der Waals surface area contributed by atoms with Crippen LogP contribution in [0.2, 0.25) is 0 Å². The molecule has 0 unspecified atom stereocenters. The van der Waals surface area contributed by atoms with Gasteiger partial charge in [-0.05, 0) is 29.8 Å². The van der Waals surface area contributed by atoms with Crippen LogP contribution in [0.25, 0.3) is 11.2 Å². The van der Waals surface area contributed by atoms with Gasteiger partial charge in [-0.15, -0.1) is 0 Å². The highest BCUT2D eigenvalue weighted by Crippen LogP contribution is 2.11. The number of oxazole rings is 1. The summed E-state index contributed by atoms with van der Waals surface area (Å²) >= 11 is 0. The quantitative estimate of drug-likeness (QED) is 0.686. The van der Waals surface area contributed by atoms with Crippen LogP contribution >= 0.6 is 0 Å². The van der Waals surface area contributed by atoms with Crippen molar-refractivity contribution >= 4 is 11.2 Å². The SMILES string of the molecule is N#Cc1cc(Cn2c(=O)oc3cccnc32)ccn1. The largest absolute Gasteiger partial charge is 0.421 e. The van der Waals surface area contributed by atoms with Crippen LogP contribution in [0, 0.1) is 11.3 Å². The number of nitriles is 1. The minimum absolute atomic E-state index is 0.292. The van der Waals surface area contributed by atoms with E-state index in [1.54, 1.807) is 30.5 Å². The lowest BCUT2D eigenvalue weighted by molar-refractivity contribution is 0.517. The molecule has 0 amide bonds. The van der Waals surface area contributed by atoms with Crippen LogP contribution in [-0.2, 0) is 6.54 Å². The van der Waals surface area contributed by atoms with Gasteiger partial charge in [-0.25, -0.2) is 14.8 Å². The fourth-order valence-electron chi connectivity index (χ4n) is 1.86. The fourth-order valence-corrected chi connectivity index (χ4v) is 1.86. The van der Waals surface area contributed by atoms with E-state index >= 15 is 0 Å². The first-order valence-corrected chi connectivity index (χ1v) is 5.57. The van der Waals surface area contributed by atoms with E-state index in [0.717, 1.165) is 5.56 Å². The molecule has 0 radical (unpaired) electrons. The molecule has 0 saturated heterocycles. The number of hydrogen-bond acceptors (Lipinski definition) is 5. The van der Waals surface area contributed by atoms with Gasteiger partial charge in [-0.2, -0.15) is 5.26 Å². The second-order valence-electron chi connectivity index (χ2n) is 3.94. The van der Waals surface area contributed by atoms with Crippen molar-refractivity contribution in [2.75, 3.05) is 0 Å². The Kier molecular flexibility index (Phi) is 2.58. The van der Waals surface area contributed by atoms with Crippen LogP contribution in [0.15, 0.2) is 45.9 Å². The molecular weight excluding hydrogens is 244 g/mol. The molecule has 3 aromatic rings. The maximum absolute atomic E-state index is 11.8. The molecule has 19 heavy (non-hydrogen) atoms. The zero-order valence-electron chi connectivity index (χ0n) is 9.78. The van der Waals surface area contributed by atoms with Crippen LogP contribution in [0.3, 0.4) is 0 Å². The summed E-state index contributed by atoms with van der Waals surface area (Å²) < 4.78 is 6.51. The van der Waals surface area contributed by atoms with E-state index in [-0.39, 0.29) is 0 Å². The Balaban J connectivity index is 2.08. The zero-order chi connectivity index (χ0) is 13.2. The Hall–Kier alpha value is -2.94. The van der Waals surface area contributed by atoms with Crippen LogP contribution in [-0.4, -0.2) is 14.5 Å². The van der Waals surface area contributed by atoms with E-state index in [2.05, 4.69) is 9.97 Å². The summed E-state index contributed by atoms with van der Waals surface area (Å²) in [6.45, 7) is 0.292. The van der Waals surface area contributed by atoms with Gasteiger partial charge in [-0.3, -0.25) is 4.57 Å². The van der Waals surface area contributed by atoms with Crippen molar-refractivity contribution in [3.63, 3.8) is 0 Å². The van der Waals surface area contributed by atoms with Crippen LogP contribution in [0.1, 0.15) is 11.3 Å². The number of nitrogens with zero attached hydrogens (tertiary/aromatic N) is 4. The normalized spacial score (nSPS) is 10.5. The molecule has 0 aromatic carbocycles. The second-order valence-corrected chi connectivity index (χ2v) is 3.94. The molecule has 0 atom stereocenters. The maximum atomic E-state index is 11.8. The maximum Gasteiger partial charge on any atom is 0.421 e. The van der Waals surface area contributed by atoms with Crippen LogP contribution in [0.4, 0.5) is 0 Å². The van der Waals surface area contributed by atoms with E-state index in [4.69, 9.17) is 9.68 Å². The highest BCUT2D eigenvalue weighted by Gasteiger charge is 2.10. The van der Waals surface area contributed by atoms with E-state index in [1.807, 2.05) is 6.07 Å². The molecule has 0 aliphatic carbocycles. The van der Waals surface area contributed by atoms with Crippen molar-refractivity contribution in [3.8, 4) is 6.07 Å². The monoisotopic (exact) mass is 252 g/mol. The lowest BCUT2D eigenvalue weighted by Gasteiger charge is -2.01. The molecule has 0 saturated carbocycles. The van der Waals surface area contributed by atoms with Gasteiger partial charge < -0.3 is 4.42 Å². The number of rotatable bonds is 2. The van der Waals surface area contributed by atoms with Crippen molar-refractivity contribution in [2.24, 2.45) is 0 Å². The Morgan fingerprint density at radius 3 is 3.05 bits per heavy atom. The van der Waals surface area contributed by atoms with Gasteiger partial charge in [0.05, 0.1) is 6.54 Å². The summed E-state index contributed by atoms with van der Waals surface area (Å²) in [4.78, 5) is 19.8. The first kappa shape index (κ1) is 11.2. The van der Waals surface area contributed by atoms with E-state index in [0.29, 0.717) is 23.5 Å². The van der Waals surface area contributed by atoms with E-state index in [9.17, 15) is 4.79 Å². The van der Waals surface area contributed by atoms with Gasteiger partial charge in [0.1, 0.15) is 11.8 Å². The van der Waals surface area contributed by atoms with Crippen LogP contribution in [0.5, 0.6) is 0 Å². The number of fused-ring (bicyclic) bond motifs is 1. The molecule has 6 nitrogen and oxygen atoms in total. The summed E-state index contributed by atoms with van der Waals surface area (Å²) in [6, 6.07) is 8.73. The minimum atomic E-state index is -0.469. The topological polar surface area (TPSA) is 84.7 Å². The highest BCUT2D eigenvalue weighted by molar-refractivity contribution is 5.67. The third-order valence-electron chi connectivity index (χ3n) is 2.70. The molecule has 3 rings (SSSR count). The summed E-state index contributed by atoms with van der Waals surface area (Å²) in [5.74, 6) is -0.469. The third-order valence-corrected chi connectivity index (χ3v) is 2.70.